The molecule has 0 N–H and O–H groups in total. The van der Waals surface area contributed by atoms with Gasteiger partial charge in [0, 0.05) is 5.38 Å². The molecule has 0 heterocycles. The van der Waals surface area contributed by atoms with E-state index in [-0.39, 0.29) is 18.9 Å². The van der Waals surface area contributed by atoms with Crippen LogP contribution < -0.4 is 18.9 Å². The summed E-state index contributed by atoms with van der Waals surface area (Å²) in [4.78, 5) is 0. The summed E-state index contributed by atoms with van der Waals surface area (Å²) in [5.74, 6) is 0. The third-order valence-corrected chi connectivity index (χ3v) is 0. The fourth-order valence-corrected chi connectivity index (χ4v) is 0. The predicted octanol–water partition coefficient (Wildman–Crippen LogP) is -0.132. The zero-order chi connectivity index (χ0) is 6.28. The molecule has 46 valence electrons. The maximum atomic E-state index is 5.27. The standard InChI is InChI=1S/C3H7Cl.C3H7.Li/c1-3(2)4;1-3-2;/h3H,1-2H3;1,3H2,2H3;/q;-1;+1. The first-order valence-electron chi connectivity index (χ1n) is 2.58. The molecule has 2 heteroatoms. The number of alkyl halides is 1. The second-order valence-corrected chi connectivity index (χ2v) is 2.39. The second kappa shape index (κ2) is 15.7. The normalized spacial score (nSPS) is 6.75. The van der Waals surface area contributed by atoms with Gasteiger partial charge in [-0.15, -0.1) is 11.6 Å². The molecule has 0 spiro atoms. The molecule has 0 saturated heterocycles. The van der Waals surface area contributed by atoms with Gasteiger partial charge in [-0.3, -0.25) is 0 Å². The molecule has 0 aromatic heterocycles. The number of halogens is 1. The van der Waals surface area contributed by atoms with Crippen molar-refractivity contribution in [3.63, 3.8) is 0 Å². The molecule has 0 unspecified atom stereocenters. The summed E-state index contributed by atoms with van der Waals surface area (Å²) in [6.07, 6.45) is 1.00. The van der Waals surface area contributed by atoms with E-state index >= 15 is 0 Å². The van der Waals surface area contributed by atoms with Crippen LogP contribution in [-0.4, -0.2) is 5.38 Å². The van der Waals surface area contributed by atoms with Gasteiger partial charge >= 0.3 is 18.9 Å². The molecule has 0 aliphatic heterocycles. The van der Waals surface area contributed by atoms with E-state index in [9.17, 15) is 0 Å². The largest absolute Gasteiger partial charge is 1.00 e. The maximum absolute atomic E-state index is 5.27. The Balaban J connectivity index is -0.0000000575. The van der Waals surface area contributed by atoms with Crippen LogP contribution in [0, 0.1) is 6.92 Å². The van der Waals surface area contributed by atoms with Crippen molar-refractivity contribution in [3.05, 3.63) is 6.92 Å². The van der Waals surface area contributed by atoms with Crippen LogP contribution in [0.1, 0.15) is 27.2 Å². The predicted molar refractivity (Wildman–Crippen MR) is 36.6 cm³/mol. The monoisotopic (exact) mass is 128 g/mol. The molecular formula is C6H14ClLi. The Labute approximate surface area is 70.2 Å². The molecule has 0 aromatic carbocycles. The molecule has 0 radical (unpaired) electrons. The van der Waals surface area contributed by atoms with Crippen LogP contribution in [0.2, 0.25) is 0 Å². The minimum atomic E-state index is 0. The van der Waals surface area contributed by atoms with Crippen molar-refractivity contribution in [1.82, 2.24) is 0 Å². The molecule has 0 fully saturated rings. The van der Waals surface area contributed by atoms with Crippen LogP contribution in [0.25, 0.3) is 0 Å². The van der Waals surface area contributed by atoms with Gasteiger partial charge < -0.3 is 6.92 Å². The van der Waals surface area contributed by atoms with E-state index < -0.39 is 0 Å². The fraction of sp³-hybridized carbons (Fsp3) is 0.833. The van der Waals surface area contributed by atoms with E-state index in [1.165, 1.54) is 0 Å². The van der Waals surface area contributed by atoms with Gasteiger partial charge in [-0.1, -0.05) is 6.92 Å². The molecule has 8 heavy (non-hydrogen) atoms. The van der Waals surface area contributed by atoms with Crippen molar-refractivity contribution in [2.45, 2.75) is 32.6 Å². The SMILES string of the molecule is CC(C)Cl.[CH2-]CC.[Li+]. The van der Waals surface area contributed by atoms with Crippen LogP contribution in [-0.2, 0) is 0 Å². The minimum Gasteiger partial charge on any atom is -0.344 e. The first kappa shape index (κ1) is 16.0. The zero-order valence-electron chi connectivity index (χ0n) is 6.37. The van der Waals surface area contributed by atoms with Crippen LogP contribution >= 0.6 is 11.6 Å². The first-order chi connectivity index (χ1) is 3.15. The van der Waals surface area contributed by atoms with Crippen molar-refractivity contribution in [3.8, 4) is 0 Å². The second-order valence-electron chi connectivity index (χ2n) is 1.51. The topological polar surface area (TPSA) is 0 Å². The molecule has 0 aliphatic carbocycles. The van der Waals surface area contributed by atoms with Crippen molar-refractivity contribution in [2.24, 2.45) is 0 Å². The van der Waals surface area contributed by atoms with Gasteiger partial charge in [-0.2, -0.15) is 6.42 Å². The zero-order valence-corrected chi connectivity index (χ0v) is 7.13. The molecule has 0 atom stereocenters. The van der Waals surface area contributed by atoms with Crippen molar-refractivity contribution < 1.29 is 18.9 Å². The molecule has 0 amide bonds. The van der Waals surface area contributed by atoms with E-state index in [2.05, 4.69) is 6.92 Å². The summed E-state index contributed by atoms with van der Waals surface area (Å²) in [6, 6.07) is 0. The van der Waals surface area contributed by atoms with Gasteiger partial charge in [0.05, 0.1) is 0 Å². The smallest absolute Gasteiger partial charge is 0.344 e. The van der Waals surface area contributed by atoms with Crippen molar-refractivity contribution in [1.29, 1.82) is 0 Å². The quantitative estimate of drug-likeness (QED) is 0.242. The van der Waals surface area contributed by atoms with Gasteiger partial charge in [-0.25, -0.2) is 0 Å². The molecule has 0 saturated carbocycles. The fourth-order valence-electron chi connectivity index (χ4n) is 0. The number of rotatable bonds is 0. The Morgan fingerprint density at radius 2 is 1.50 bits per heavy atom. The average molecular weight is 129 g/mol. The van der Waals surface area contributed by atoms with E-state index in [0.717, 1.165) is 6.42 Å². The van der Waals surface area contributed by atoms with E-state index in [4.69, 9.17) is 11.6 Å². The van der Waals surface area contributed by atoms with E-state index in [1.807, 2.05) is 20.8 Å². The van der Waals surface area contributed by atoms with Crippen LogP contribution in [0.5, 0.6) is 0 Å². The average Bonchev–Trinajstić information content (AvgIpc) is 1.33. The molecule has 0 aliphatic rings. The van der Waals surface area contributed by atoms with Gasteiger partial charge in [0.1, 0.15) is 0 Å². The Kier molecular flexibility index (Phi) is 31.2. The third-order valence-electron chi connectivity index (χ3n) is 0. The first-order valence-corrected chi connectivity index (χ1v) is 3.02. The molecule has 0 aromatic rings. The molecule has 0 nitrogen and oxygen atoms in total. The van der Waals surface area contributed by atoms with Gasteiger partial charge in [0.25, 0.3) is 0 Å². The van der Waals surface area contributed by atoms with Crippen molar-refractivity contribution >= 4 is 11.6 Å². The maximum Gasteiger partial charge on any atom is 1.00 e. The number of hydrogen-bond donors (Lipinski definition) is 0. The molecule has 0 rings (SSSR count). The van der Waals surface area contributed by atoms with Crippen LogP contribution in [0.15, 0.2) is 0 Å². The molecular weight excluding hydrogens is 114 g/mol. The summed E-state index contributed by atoms with van der Waals surface area (Å²) in [5.41, 5.74) is 0. The van der Waals surface area contributed by atoms with E-state index in [0.29, 0.717) is 5.38 Å². The molecule has 0 bridgehead atoms. The van der Waals surface area contributed by atoms with Crippen LogP contribution in [0.3, 0.4) is 0 Å². The third kappa shape index (κ3) is 303. The Hall–Kier alpha value is 0.887. The Morgan fingerprint density at radius 3 is 1.50 bits per heavy atom. The minimum absolute atomic E-state index is 0. The summed E-state index contributed by atoms with van der Waals surface area (Å²) >= 11 is 5.27. The number of hydrogen-bond acceptors (Lipinski definition) is 0. The van der Waals surface area contributed by atoms with E-state index in [1.54, 1.807) is 0 Å². The summed E-state index contributed by atoms with van der Waals surface area (Å²) in [5, 5.41) is 0.306. The summed E-state index contributed by atoms with van der Waals surface area (Å²) in [7, 11) is 0. The summed E-state index contributed by atoms with van der Waals surface area (Å²) < 4.78 is 0. The van der Waals surface area contributed by atoms with Gasteiger partial charge in [0.2, 0.25) is 0 Å². The summed E-state index contributed by atoms with van der Waals surface area (Å²) in [6.45, 7) is 9.36. The van der Waals surface area contributed by atoms with Gasteiger partial charge in [-0.05, 0) is 13.8 Å². The van der Waals surface area contributed by atoms with Crippen molar-refractivity contribution in [2.75, 3.05) is 0 Å². The Bertz CT molecular complexity index is 19.7. The van der Waals surface area contributed by atoms with Crippen LogP contribution in [0.4, 0.5) is 0 Å². The Morgan fingerprint density at radius 1 is 1.50 bits per heavy atom. The van der Waals surface area contributed by atoms with Gasteiger partial charge in [0.15, 0.2) is 0 Å².